The Morgan fingerprint density at radius 2 is 1.64 bits per heavy atom. The minimum Gasteiger partial charge on any atom is -0.451 e. The fourth-order valence-electron chi connectivity index (χ4n) is 6.07. The van der Waals surface area contributed by atoms with Gasteiger partial charge in [-0.05, 0) is 56.4 Å². The number of anilines is 1. The zero-order valence-electron chi connectivity index (χ0n) is 23.2. The first-order valence-electron chi connectivity index (χ1n) is 14.1. The van der Waals surface area contributed by atoms with E-state index in [1.807, 2.05) is 6.07 Å². The number of hydrogen-bond acceptors (Lipinski definition) is 6. The second kappa shape index (κ2) is 11.1. The Balaban J connectivity index is 1.31. The highest BCUT2D eigenvalue weighted by Gasteiger charge is 2.49. The van der Waals surface area contributed by atoms with Gasteiger partial charge in [0.25, 0.3) is 0 Å². The van der Waals surface area contributed by atoms with Crippen LogP contribution in [0.2, 0.25) is 5.02 Å². The van der Waals surface area contributed by atoms with E-state index in [0.717, 1.165) is 19.3 Å². The largest absolute Gasteiger partial charge is 0.451 e. The highest BCUT2D eigenvalue weighted by Crippen LogP contribution is 2.42. The molecule has 0 spiro atoms. The van der Waals surface area contributed by atoms with Crippen LogP contribution in [0.5, 0.6) is 0 Å². The van der Waals surface area contributed by atoms with Crippen LogP contribution in [-0.4, -0.2) is 34.7 Å². The van der Waals surface area contributed by atoms with Crippen molar-refractivity contribution in [2.24, 2.45) is 17.8 Å². The van der Waals surface area contributed by atoms with Gasteiger partial charge in [0.2, 0.25) is 17.6 Å². The third kappa shape index (κ3) is 4.98. The number of nitrogens with zero attached hydrogens (tertiary/aromatic N) is 2. The molecular weight excluding hydrogens is 552 g/mol. The van der Waals surface area contributed by atoms with E-state index in [2.05, 4.69) is 6.92 Å². The summed E-state index contributed by atoms with van der Waals surface area (Å²) in [5, 5.41) is 0.857. The SMILES string of the molecule is CC1CCC2C(=O)N(c3ccc(-c4cc(C(=O)OC(C)C(=O)c5ccccc5)c5cccc(Cl)c5n4)cc3)C(=O)C2C1. The van der Waals surface area contributed by atoms with Gasteiger partial charge >= 0.3 is 5.97 Å². The Morgan fingerprint density at radius 3 is 2.38 bits per heavy atom. The van der Waals surface area contributed by atoms with Crippen molar-refractivity contribution in [3.8, 4) is 11.3 Å². The number of hydrogen-bond donors (Lipinski definition) is 0. The summed E-state index contributed by atoms with van der Waals surface area (Å²) < 4.78 is 5.61. The van der Waals surface area contributed by atoms with Crippen molar-refractivity contribution in [3.63, 3.8) is 0 Å². The monoisotopic (exact) mass is 580 g/mol. The van der Waals surface area contributed by atoms with Gasteiger partial charge in [-0.2, -0.15) is 0 Å². The molecule has 8 heteroatoms. The normalized spacial score (nSPS) is 20.8. The van der Waals surface area contributed by atoms with Crippen LogP contribution in [0.4, 0.5) is 5.69 Å². The number of para-hydroxylation sites is 1. The molecule has 212 valence electrons. The summed E-state index contributed by atoms with van der Waals surface area (Å²) in [4.78, 5) is 58.6. The molecule has 4 aromatic rings. The summed E-state index contributed by atoms with van der Waals surface area (Å²) in [7, 11) is 0. The number of Topliss-reactive ketones (excluding diaryl/α,β-unsaturated/α-hetero) is 1. The zero-order valence-corrected chi connectivity index (χ0v) is 24.0. The molecule has 0 bridgehead atoms. The molecule has 2 amide bonds. The van der Waals surface area contributed by atoms with Crippen molar-refractivity contribution in [1.29, 1.82) is 0 Å². The van der Waals surface area contributed by atoms with E-state index in [-0.39, 0.29) is 35.0 Å². The first-order valence-corrected chi connectivity index (χ1v) is 14.5. The smallest absolute Gasteiger partial charge is 0.339 e. The minimum absolute atomic E-state index is 0.135. The molecule has 1 saturated heterocycles. The summed E-state index contributed by atoms with van der Waals surface area (Å²) in [6, 6.07) is 22.4. The van der Waals surface area contributed by atoms with Crippen LogP contribution in [0.1, 0.15) is 53.8 Å². The third-order valence-electron chi connectivity index (χ3n) is 8.33. The van der Waals surface area contributed by atoms with Gasteiger partial charge < -0.3 is 4.74 Å². The molecule has 2 aliphatic rings. The number of carbonyl (C=O) groups is 4. The van der Waals surface area contributed by atoms with Crippen molar-refractivity contribution >= 4 is 51.8 Å². The maximum Gasteiger partial charge on any atom is 0.339 e. The zero-order chi connectivity index (χ0) is 29.5. The van der Waals surface area contributed by atoms with Crippen LogP contribution in [0.25, 0.3) is 22.2 Å². The lowest BCUT2D eigenvalue weighted by Crippen LogP contribution is -2.30. The van der Waals surface area contributed by atoms with Gasteiger partial charge in [0.05, 0.1) is 39.3 Å². The van der Waals surface area contributed by atoms with Crippen molar-refractivity contribution in [3.05, 3.63) is 95.0 Å². The Bertz CT molecular complexity index is 1720. The lowest BCUT2D eigenvalue weighted by molar-refractivity contribution is -0.122. The number of rotatable bonds is 6. The van der Waals surface area contributed by atoms with Crippen LogP contribution in [0.15, 0.2) is 78.9 Å². The molecule has 1 aliphatic heterocycles. The number of ether oxygens (including phenoxy) is 1. The third-order valence-corrected chi connectivity index (χ3v) is 8.64. The second-order valence-electron chi connectivity index (χ2n) is 11.2. The number of aromatic nitrogens is 1. The predicted octanol–water partition coefficient (Wildman–Crippen LogP) is 6.91. The van der Waals surface area contributed by atoms with E-state index in [9.17, 15) is 19.2 Å². The Labute approximate surface area is 248 Å². The quantitative estimate of drug-likeness (QED) is 0.140. The number of fused-ring (bicyclic) bond motifs is 2. The highest BCUT2D eigenvalue weighted by molar-refractivity contribution is 6.35. The molecule has 6 rings (SSSR count). The highest BCUT2D eigenvalue weighted by atomic mass is 35.5. The van der Waals surface area contributed by atoms with E-state index in [1.165, 1.54) is 4.90 Å². The Hall–Kier alpha value is -4.36. The summed E-state index contributed by atoms with van der Waals surface area (Å²) in [5.41, 5.74) is 2.72. The molecule has 42 heavy (non-hydrogen) atoms. The summed E-state index contributed by atoms with van der Waals surface area (Å²) in [6.07, 6.45) is 1.42. The van der Waals surface area contributed by atoms with Crippen LogP contribution in [-0.2, 0) is 14.3 Å². The van der Waals surface area contributed by atoms with Crippen molar-refractivity contribution in [2.45, 2.75) is 39.2 Å². The van der Waals surface area contributed by atoms with E-state index in [4.69, 9.17) is 21.3 Å². The van der Waals surface area contributed by atoms with Crippen molar-refractivity contribution in [2.75, 3.05) is 4.90 Å². The van der Waals surface area contributed by atoms with Crippen LogP contribution in [0, 0.1) is 17.8 Å². The number of benzene rings is 3. The molecule has 1 saturated carbocycles. The number of ketones is 1. The molecule has 1 aromatic heterocycles. The summed E-state index contributed by atoms with van der Waals surface area (Å²) in [6.45, 7) is 3.67. The van der Waals surface area contributed by atoms with Gasteiger partial charge in [-0.15, -0.1) is 0 Å². The van der Waals surface area contributed by atoms with Gasteiger partial charge in [-0.3, -0.25) is 19.3 Å². The molecule has 0 radical (unpaired) electrons. The predicted molar refractivity (Wildman–Crippen MR) is 160 cm³/mol. The Kier molecular flexibility index (Phi) is 7.37. The summed E-state index contributed by atoms with van der Waals surface area (Å²) in [5.74, 6) is -1.33. The average molecular weight is 581 g/mol. The fraction of sp³-hybridized carbons (Fsp3) is 0.265. The van der Waals surface area contributed by atoms with E-state index >= 15 is 0 Å². The van der Waals surface area contributed by atoms with Gasteiger partial charge in [0, 0.05) is 16.5 Å². The topological polar surface area (TPSA) is 93.6 Å². The maximum absolute atomic E-state index is 13.4. The number of esters is 1. The molecule has 1 aliphatic carbocycles. The number of carbonyl (C=O) groups excluding carboxylic acids is 4. The standard InChI is InChI=1S/C34H29ClN2O5/c1-19-11-16-25-26(17-19)33(40)37(32(25)39)23-14-12-21(13-15-23)29-18-27(24-9-6-10-28(35)30(24)36-29)34(41)42-20(2)31(38)22-7-4-3-5-8-22/h3-10,12-15,18-20,25-26H,11,16-17H2,1-2H3. The van der Waals surface area contributed by atoms with Gasteiger partial charge in [-0.25, -0.2) is 9.78 Å². The number of amides is 2. The molecule has 7 nitrogen and oxygen atoms in total. The minimum atomic E-state index is -1.01. The van der Waals surface area contributed by atoms with Crippen molar-refractivity contribution < 1.29 is 23.9 Å². The first-order chi connectivity index (χ1) is 20.2. The maximum atomic E-state index is 13.4. The van der Waals surface area contributed by atoms with E-state index in [0.29, 0.717) is 44.4 Å². The number of halogens is 1. The fourth-order valence-corrected chi connectivity index (χ4v) is 6.29. The van der Waals surface area contributed by atoms with Crippen molar-refractivity contribution in [1.82, 2.24) is 4.98 Å². The van der Waals surface area contributed by atoms with Gasteiger partial charge in [-0.1, -0.05) is 73.1 Å². The van der Waals surface area contributed by atoms with E-state index in [1.54, 1.807) is 79.7 Å². The lowest BCUT2D eigenvalue weighted by Gasteiger charge is -2.25. The second-order valence-corrected chi connectivity index (χ2v) is 11.6. The lowest BCUT2D eigenvalue weighted by atomic mass is 9.76. The molecule has 2 heterocycles. The molecule has 0 N–H and O–H groups in total. The summed E-state index contributed by atoms with van der Waals surface area (Å²) >= 11 is 6.49. The Morgan fingerprint density at radius 1 is 0.929 bits per heavy atom. The van der Waals surface area contributed by atoms with Gasteiger partial charge in [0.15, 0.2) is 6.10 Å². The molecule has 4 atom stereocenters. The first kappa shape index (κ1) is 27.8. The van der Waals surface area contributed by atoms with Crippen LogP contribution < -0.4 is 4.90 Å². The van der Waals surface area contributed by atoms with Crippen LogP contribution >= 0.6 is 11.6 Å². The number of imide groups is 1. The molecule has 4 unspecified atom stereocenters. The molecule has 3 aromatic carbocycles. The van der Waals surface area contributed by atoms with Gasteiger partial charge in [0.1, 0.15) is 0 Å². The van der Waals surface area contributed by atoms with Crippen LogP contribution in [0.3, 0.4) is 0 Å². The number of pyridine rings is 1. The average Bonchev–Trinajstić information content (AvgIpc) is 3.25. The van der Waals surface area contributed by atoms with E-state index < -0.39 is 12.1 Å². The molecular formula is C34H29ClN2O5. The molecule has 2 fully saturated rings.